The molecular weight excluding hydrogens is 286 g/mol. The van der Waals surface area contributed by atoms with Crippen LogP contribution < -0.4 is 20.1 Å². The SMILES string of the molecule is Cc1cc(NC(=O)[C@H](C)Nc2ccc3c(c2)OCCO3)on1. The summed E-state index contributed by atoms with van der Waals surface area (Å²) in [4.78, 5) is 12.1. The van der Waals surface area contributed by atoms with Gasteiger partial charge in [0, 0.05) is 17.8 Å². The van der Waals surface area contributed by atoms with Gasteiger partial charge in [-0.2, -0.15) is 0 Å². The number of nitrogens with zero attached hydrogens (tertiary/aromatic N) is 1. The number of carbonyl (C=O) groups excluding carboxylic acids is 1. The Hall–Kier alpha value is -2.70. The van der Waals surface area contributed by atoms with Crippen molar-refractivity contribution >= 4 is 17.5 Å². The summed E-state index contributed by atoms with van der Waals surface area (Å²) >= 11 is 0. The van der Waals surface area contributed by atoms with Crippen molar-refractivity contribution in [1.82, 2.24) is 5.16 Å². The van der Waals surface area contributed by atoms with Gasteiger partial charge in [0.25, 0.3) is 0 Å². The van der Waals surface area contributed by atoms with Crippen LogP contribution in [0.3, 0.4) is 0 Å². The molecule has 1 atom stereocenters. The van der Waals surface area contributed by atoms with Crippen LogP contribution in [0.2, 0.25) is 0 Å². The van der Waals surface area contributed by atoms with Crippen molar-refractivity contribution in [3.05, 3.63) is 30.0 Å². The molecule has 1 aliphatic heterocycles. The summed E-state index contributed by atoms with van der Waals surface area (Å²) in [6.45, 7) is 4.62. The molecule has 0 bridgehead atoms. The molecular formula is C15H17N3O4. The zero-order valence-corrected chi connectivity index (χ0v) is 12.4. The zero-order chi connectivity index (χ0) is 15.5. The van der Waals surface area contributed by atoms with Gasteiger partial charge < -0.3 is 19.3 Å². The number of fused-ring (bicyclic) bond motifs is 1. The van der Waals surface area contributed by atoms with E-state index >= 15 is 0 Å². The van der Waals surface area contributed by atoms with Crippen LogP contribution in [-0.4, -0.2) is 30.3 Å². The normalized spacial score (nSPS) is 14.3. The van der Waals surface area contributed by atoms with Crippen molar-refractivity contribution in [2.45, 2.75) is 19.9 Å². The Kier molecular flexibility index (Phi) is 3.86. The molecule has 1 aromatic heterocycles. The van der Waals surface area contributed by atoms with E-state index in [-0.39, 0.29) is 5.91 Å². The minimum absolute atomic E-state index is 0.217. The summed E-state index contributed by atoms with van der Waals surface area (Å²) in [6, 6.07) is 6.69. The average molecular weight is 303 g/mol. The zero-order valence-electron chi connectivity index (χ0n) is 12.4. The van der Waals surface area contributed by atoms with Crippen LogP contribution in [0.5, 0.6) is 11.5 Å². The van der Waals surface area contributed by atoms with E-state index in [9.17, 15) is 4.79 Å². The first kappa shape index (κ1) is 14.2. The molecule has 116 valence electrons. The molecule has 0 unspecified atom stereocenters. The number of aryl methyl sites for hydroxylation is 1. The van der Waals surface area contributed by atoms with Gasteiger partial charge in [0.1, 0.15) is 19.3 Å². The van der Waals surface area contributed by atoms with E-state index in [1.165, 1.54) is 0 Å². The second-order valence-electron chi connectivity index (χ2n) is 5.05. The number of amides is 1. The van der Waals surface area contributed by atoms with Crippen molar-refractivity contribution in [3.8, 4) is 11.5 Å². The van der Waals surface area contributed by atoms with Gasteiger partial charge in [0.15, 0.2) is 11.5 Å². The topological polar surface area (TPSA) is 85.6 Å². The van der Waals surface area contributed by atoms with Gasteiger partial charge in [-0.3, -0.25) is 10.1 Å². The largest absolute Gasteiger partial charge is 0.486 e. The molecule has 1 aliphatic rings. The van der Waals surface area contributed by atoms with E-state index in [4.69, 9.17) is 14.0 Å². The number of nitrogens with one attached hydrogen (secondary N) is 2. The molecule has 7 nitrogen and oxygen atoms in total. The fourth-order valence-corrected chi connectivity index (χ4v) is 2.10. The Bertz CT molecular complexity index is 683. The molecule has 0 aliphatic carbocycles. The lowest BCUT2D eigenvalue weighted by Crippen LogP contribution is -2.31. The highest BCUT2D eigenvalue weighted by Crippen LogP contribution is 2.32. The van der Waals surface area contributed by atoms with Gasteiger partial charge in [0.2, 0.25) is 11.8 Å². The molecule has 1 aromatic carbocycles. The second-order valence-corrected chi connectivity index (χ2v) is 5.05. The molecule has 0 fully saturated rings. The van der Waals surface area contributed by atoms with Crippen LogP contribution in [0, 0.1) is 6.92 Å². The molecule has 0 spiro atoms. The van der Waals surface area contributed by atoms with Crippen LogP contribution in [0.15, 0.2) is 28.8 Å². The summed E-state index contributed by atoms with van der Waals surface area (Å²) in [7, 11) is 0. The number of aromatic nitrogens is 1. The molecule has 2 N–H and O–H groups in total. The quantitative estimate of drug-likeness (QED) is 0.900. The monoisotopic (exact) mass is 303 g/mol. The van der Waals surface area contributed by atoms with Crippen LogP contribution >= 0.6 is 0 Å². The predicted octanol–water partition coefficient (Wildman–Crippen LogP) is 2.19. The molecule has 7 heteroatoms. The smallest absolute Gasteiger partial charge is 0.248 e. The molecule has 3 rings (SSSR count). The van der Waals surface area contributed by atoms with Crippen LogP contribution in [0.1, 0.15) is 12.6 Å². The number of rotatable bonds is 4. The summed E-state index contributed by atoms with van der Waals surface area (Å²) in [6.07, 6.45) is 0. The van der Waals surface area contributed by atoms with Gasteiger partial charge in [-0.25, -0.2) is 0 Å². The van der Waals surface area contributed by atoms with Gasteiger partial charge in [-0.05, 0) is 26.0 Å². The fraction of sp³-hybridized carbons (Fsp3) is 0.333. The predicted molar refractivity (Wildman–Crippen MR) is 80.4 cm³/mol. The van der Waals surface area contributed by atoms with Crippen LogP contribution in [-0.2, 0) is 4.79 Å². The number of carbonyl (C=O) groups is 1. The Morgan fingerprint density at radius 1 is 1.23 bits per heavy atom. The number of anilines is 2. The highest BCUT2D eigenvalue weighted by atomic mass is 16.6. The van der Waals surface area contributed by atoms with E-state index in [1.807, 2.05) is 18.2 Å². The summed E-state index contributed by atoms with van der Waals surface area (Å²) < 4.78 is 15.9. The van der Waals surface area contributed by atoms with Crippen molar-refractivity contribution in [2.75, 3.05) is 23.8 Å². The summed E-state index contributed by atoms with van der Waals surface area (Å²) in [5, 5.41) is 9.49. The highest BCUT2D eigenvalue weighted by molar-refractivity contribution is 5.95. The fourth-order valence-electron chi connectivity index (χ4n) is 2.10. The Morgan fingerprint density at radius 3 is 2.73 bits per heavy atom. The van der Waals surface area contributed by atoms with E-state index < -0.39 is 6.04 Å². The standard InChI is InChI=1S/C15H17N3O4/c1-9-7-14(22-18-9)17-15(19)10(2)16-11-3-4-12-13(8-11)21-6-5-20-12/h3-4,7-8,10,16H,5-6H2,1-2H3,(H,17,19)/t10-/m0/s1. The van der Waals surface area contributed by atoms with Crippen LogP contribution in [0.4, 0.5) is 11.6 Å². The lowest BCUT2D eigenvalue weighted by Gasteiger charge is -2.20. The number of benzene rings is 1. The third-order valence-corrected chi connectivity index (χ3v) is 3.19. The Balaban J connectivity index is 1.63. The first-order valence-corrected chi connectivity index (χ1v) is 7.02. The van der Waals surface area contributed by atoms with Gasteiger partial charge >= 0.3 is 0 Å². The third kappa shape index (κ3) is 3.13. The van der Waals surface area contributed by atoms with E-state index in [0.717, 1.165) is 5.69 Å². The molecule has 22 heavy (non-hydrogen) atoms. The van der Waals surface area contributed by atoms with E-state index in [2.05, 4.69) is 15.8 Å². The van der Waals surface area contributed by atoms with Gasteiger partial charge in [0.05, 0.1) is 5.69 Å². The third-order valence-electron chi connectivity index (χ3n) is 3.19. The summed E-state index contributed by atoms with van der Waals surface area (Å²) in [5.41, 5.74) is 1.49. The van der Waals surface area contributed by atoms with Crippen molar-refractivity contribution in [2.24, 2.45) is 0 Å². The minimum atomic E-state index is -0.451. The first-order chi connectivity index (χ1) is 10.6. The van der Waals surface area contributed by atoms with Crippen LogP contribution in [0.25, 0.3) is 0 Å². The maximum absolute atomic E-state index is 12.1. The summed E-state index contributed by atoms with van der Waals surface area (Å²) in [5.74, 6) is 1.50. The molecule has 0 radical (unpaired) electrons. The maximum atomic E-state index is 12.1. The first-order valence-electron chi connectivity index (χ1n) is 7.02. The number of hydrogen-bond donors (Lipinski definition) is 2. The lowest BCUT2D eigenvalue weighted by molar-refractivity contribution is -0.116. The molecule has 0 saturated heterocycles. The number of hydrogen-bond acceptors (Lipinski definition) is 6. The maximum Gasteiger partial charge on any atom is 0.248 e. The van der Waals surface area contributed by atoms with Gasteiger partial charge in [-0.1, -0.05) is 5.16 Å². The molecule has 2 aromatic rings. The average Bonchev–Trinajstić information content (AvgIpc) is 2.92. The second kappa shape index (κ2) is 5.97. The Labute approximate surface area is 127 Å². The number of ether oxygens (including phenoxy) is 2. The van der Waals surface area contributed by atoms with Crippen molar-refractivity contribution in [3.63, 3.8) is 0 Å². The van der Waals surface area contributed by atoms with E-state index in [1.54, 1.807) is 19.9 Å². The molecule has 2 heterocycles. The molecule has 0 saturated carbocycles. The van der Waals surface area contributed by atoms with E-state index in [0.29, 0.717) is 36.3 Å². The molecule has 1 amide bonds. The van der Waals surface area contributed by atoms with Gasteiger partial charge in [-0.15, -0.1) is 0 Å². The van der Waals surface area contributed by atoms with Crippen molar-refractivity contribution in [1.29, 1.82) is 0 Å². The lowest BCUT2D eigenvalue weighted by atomic mass is 10.2. The minimum Gasteiger partial charge on any atom is -0.486 e. The Morgan fingerprint density at radius 2 is 2.00 bits per heavy atom. The highest BCUT2D eigenvalue weighted by Gasteiger charge is 2.17. The van der Waals surface area contributed by atoms with Crippen molar-refractivity contribution < 1.29 is 18.8 Å².